The first kappa shape index (κ1) is 23.8. The van der Waals surface area contributed by atoms with Crippen LogP contribution in [0.3, 0.4) is 0 Å². The minimum Gasteiger partial charge on any atom is -0.459 e. The lowest BCUT2D eigenvalue weighted by Gasteiger charge is -2.23. The lowest BCUT2D eigenvalue weighted by atomic mass is 9.92. The van der Waals surface area contributed by atoms with Crippen LogP contribution in [0.1, 0.15) is 61.3 Å². The summed E-state index contributed by atoms with van der Waals surface area (Å²) in [6.45, 7) is 13.1. The predicted octanol–water partition coefficient (Wildman–Crippen LogP) is 6.07. The molecule has 27 heavy (non-hydrogen) atoms. The maximum atomic E-state index is 14.2. The molecule has 1 N–H and O–H groups in total. The van der Waals surface area contributed by atoms with Gasteiger partial charge in [-0.15, -0.1) is 11.8 Å². The normalized spacial score (nSPS) is 13.2. The second-order valence-corrected chi connectivity index (χ2v) is 10.2. The van der Waals surface area contributed by atoms with E-state index in [1.165, 1.54) is 17.8 Å². The van der Waals surface area contributed by atoms with Crippen LogP contribution in [0.2, 0.25) is 5.02 Å². The number of hydrogen-bond acceptors (Lipinski definition) is 4. The van der Waals surface area contributed by atoms with Gasteiger partial charge in [0.05, 0.1) is 10.7 Å². The van der Waals surface area contributed by atoms with Gasteiger partial charge < -0.3 is 10.1 Å². The molecule has 0 aliphatic rings. The standard InChI is InChI=1S/C20H29ClFNO3S/c1-8-15(18(25)26-20(5,6)7)27-16-10-14(13(22)9-12(16)21)23-17(24)11-19(2,3)4/h9-10,15H,8,11H2,1-7H3,(H,23,24). The monoisotopic (exact) mass is 417 g/mol. The highest BCUT2D eigenvalue weighted by Crippen LogP contribution is 2.36. The summed E-state index contributed by atoms with van der Waals surface area (Å²) in [5.74, 6) is -1.25. The molecular formula is C20H29ClFNO3S. The summed E-state index contributed by atoms with van der Waals surface area (Å²) in [6, 6.07) is 2.62. The average molecular weight is 418 g/mol. The molecule has 0 spiro atoms. The second-order valence-electron chi connectivity index (χ2n) is 8.60. The Hall–Kier alpha value is -1.27. The van der Waals surface area contributed by atoms with Crippen LogP contribution in [0.5, 0.6) is 0 Å². The Labute approximate surface area is 170 Å². The van der Waals surface area contributed by atoms with Gasteiger partial charge in [0.25, 0.3) is 0 Å². The lowest BCUT2D eigenvalue weighted by molar-refractivity contribution is -0.154. The number of anilines is 1. The van der Waals surface area contributed by atoms with Crippen LogP contribution in [-0.2, 0) is 14.3 Å². The Morgan fingerprint density at radius 2 is 1.81 bits per heavy atom. The highest BCUT2D eigenvalue weighted by atomic mass is 35.5. The van der Waals surface area contributed by atoms with Gasteiger partial charge in [-0.2, -0.15) is 0 Å². The van der Waals surface area contributed by atoms with Gasteiger partial charge >= 0.3 is 5.97 Å². The van der Waals surface area contributed by atoms with E-state index in [4.69, 9.17) is 16.3 Å². The fraction of sp³-hybridized carbons (Fsp3) is 0.600. The molecule has 0 radical (unpaired) electrons. The summed E-state index contributed by atoms with van der Waals surface area (Å²) >= 11 is 7.36. The predicted molar refractivity (Wildman–Crippen MR) is 110 cm³/mol. The third-order valence-electron chi connectivity index (χ3n) is 3.30. The summed E-state index contributed by atoms with van der Waals surface area (Å²) in [4.78, 5) is 25.0. The molecule has 1 amide bonds. The number of rotatable bonds is 6. The molecule has 0 fully saturated rings. The van der Waals surface area contributed by atoms with Crippen molar-refractivity contribution in [1.82, 2.24) is 0 Å². The molecule has 0 aromatic heterocycles. The summed E-state index contributed by atoms with van der Waals surface area (Å²) in [6.07, 6.45) is 0.784. The molecule has 7 heteroatoms. The van der Waals surface area contributed by atoms with Gasteiger partial charge in [-0.3, -0.25) is 9.59 Å². The van der Waals surface area contributed by atoms with Crippen molar-refractivity contribution < 1.29 is 18.7 Å². The first-order valence-electron chi connectivity index (χ1n) is 8.90. The molecule has 1 unspecified atom stereocenters. The van der Waals surface area contributed by atoms with E-state index in [1.807, 2.05) is 27.7 Å². The number of ether oxygens (including phenoxy) is 1. The van der Waals surface area contributed by atoms with E-state index >= 15 is 0 Å². The van der Waals surface area contributed by atoms with Crippen LogP contribution in [-0.4, -0.2) is 22.7 Å². The van der Waals surface area contributed by atoms with Gasteiger partial charge in [0.2, 0.25) is 5.91 Å². The second kappa shape index (κ2) is 9.28. The number of esters is 1. The van der Waals surface area contributed by atoms with Crippen LogP contribution in [0.25, 0.3) is 0 Å². The van der Waals surface area contributed by atoms with Crippen molar-refractivity contribution in [3.8, 4) is 0 Å². The molecule has 1 rings (SSSR count). The molecule has 0 aliphatic carbocycles. The van der Waals surface area contributed by atoms with Crippen molar-refractivity contribution in [1.29, 1.82) is 0 Å². The third kappa shape index (κ3) is 8.52. The van der Waals surface area contributed by atoms with Crippen LogP contribution in [0, 0.1) is 11.2 Å². The lowest BCUT2D eigenvalue weighted by Crippen LogP contribution is -2.30. The first-order valence-corrected chi connectivity index (χ1v) is 10.2. The fourth-order valence-electron chi connectivity index (χ4n) is 2.21. The number of carbonyl (C=O) groups is 2. The van der Waals surface area contributed by atoms with Crippen LogP contribution in [0.15, 0.2) is 17.0 Å². The highest BCUT2D eigenvalue weighted by Gasteiger charge is 2.26. The summed E-state index contributed by atoms with van der Waals surface area (Å²) in [5.41, 5.74) is -0.756. The molecule has 0 saturated carbocycles. The maximum Gasteiger partial charge on any atom is 0.319 e. The van der Waals surface area contributed by atoms with Crippen LogP contribution in [0.4, 0.5) is 10.1 Å². The van der Waals surface area contributed by atoms with E-state index < -0.39 is 16.7 Å². The Balaban J connectivity index is 3.01. The zero-order valence-corrected chi connectivity index (χ0v) is 18.6. The Morgan fingerprint density at radius 3 is 2.30 bits per heavy atom. The van der Waals surface area contributed by atoms with E-state index in [0.717, 1.165) is 6.07 Å². The molecule has 0 saturated heterocycles. The molecule has 1 aromatic carbocycles. The average Bonchev–Trinajstić information content (AvgIpc) is 2.44. The maximum absolute atomic E-state index is 14.2. The molecule has 0 bridgehead atoms. The zero-order chi connectivity index (χ0) is 21.0. The smallest absolute Gasteiger partial charge is 0.319 e. The Kier molecular flexibility index (Phi) is 8.17. The molecule has 0 heterocycles. The van der Waals surface area contributed by atoms with Gasteiger partial charge in [-0.1, -0.05) is 39.3 Å². The van der Waals surface area contributed by atoms with Crippen molar-refractivity contribution in [2.75, 3.05) is 5.32 Å². The molecule has 1 aromatic rings. The Morgan fingerprint density at radius 1 is 1.22 bits per heavy atom. The number of nitrogens with one attached hydrogen (secondary N) is 1. The number of thioether (sulfide) groups is 1. The number of benzene rings is 1. The first-order chi connectivity index (χ1) is 12.2. The third-order valence-corrected chi connectivity index (χ3v) is 5.12. The van der Waals surface area contributed by atoms with Gasteiger partial charge in [-0.25, -0.2) is 4.39 Å². The summed E-state index contributed by atoms with van der Waals surface area (Å²) in [5, 5.41) is 2.30. The minimum atomic E-state index is -0.614. The van der Waals surface area contributed by atoms with Gasteiger partial charge in [0, 0.05) is 11.3 Å². The van der Waals surface area contributed by atoms with E-state index in [1.54, 1.807) is 20.8 Å². The minimum absolute atomic E-state index is 0.0511. The van der Waals surface area contributed by atoms with Crippen molar-refractivity contribution in [2.45, 2.75) is 77.1 Å². The van der Waals surface area contributed by atoms with Crippen molar-refractivity contribution in [2.24, 2.45) is 5.41 Å². The topological polar surface area (TPSA) is 55.4 Å². The zero-order valence-electron chi connectivity index (χ0n) is 17.0. The van der Waals surface area contributed by atoms with Crippen molar-refractivity contribution in [3.05, 3.63) is 23.0 Å². The SMILES string of the molecule is CCC(Sc1cc(NC(=O)CC(C)(C)C)c(F)cc1Cl)C(=O)OC(C)(C)C. The molecule has 4 nitrogen and oxygen atoms in total. The van der Waals surface area contributed by atoms with Crippen molar-refractivity contribution >= 4 is 40.9 Å². The summed E-state index contributed by atoms with van der Waals surface area (Å²) < 4.78 is 19.7. The van der Waals surface area contributed by atoms with Crippen LogP contribution < -0.4 is 5.32 Å². The molecule has 1 atom stereocenters. The van der Waals surface area contributed by atoms with E-state index in [-0.39, 0.29) is 34.4 Å². The Bertz CT molecular complexity index is 696. The van der Waals surface area contributed by atoms with Crippen molar-refractivity contribution in [3.63, 3.8) is 0 Å². The van der Waals surface area contributed by atoms with E-state index in [9.17, 15) is 14.0 Å². The largest absolute Gasteiger partial charge is 0.459 e. The van der Waals surface area contributed by atoms with E-state index in [0.29, 0.717) is 11.3 Å². The fourth-order valence-corrected chi connectivity index (χ4v) is 3.47. The summed E-state index contributed by atoms with van der Waals surface area (Å²) in [7, 11) is 0. The van der Waals surface area contributed by atoms with Gasteiger partial charge in [0.15, 0.2) is 0 Å². The quantitative estimate of drug-likeness (QED) is 0.451. The molecule has 0 aliphatic heterocycles. The number of hydrogen-bond donors (Lipinski definition) is 1. The van der Waals surface area contributed by atoms with E-state index in [2.05, 4.69) is 5.32 Å². The highest BCUT2D eigenvalue weighted by molar-refractivity contribution is 8.00. The number of halogens is 2. The molecular weight excluding hydrogens is 389 g/mol. The van der Waals surface area contributed by atoms with Gasteiger partial charge in [0.1, 0.15) is 16.7 Å². The van der Waals surface area contributed by atoms with Gasteiger partial charge in [-0.05, 0) is 44.7 Å². The number of amides is 1. The molecule has 152 valence electrons. The number of carbonyl (C=O) groups excluding carboxylic acids is 2. The van der Waals surface area contributed by atoms with Crippen LogP contribution >= 0.6 is 23.4 Å².